The van der Waals surface area contributed by atoms with Crippen LogP contribution in [0.3, 0.4) is 0 Å². The minimum Gasteiger partial charge on any atom is -0.482 e. The lowest BCUT2D eigenvalue weighted by atomic mass is 10.2. The molecule has 3 nitrogen and oxygen atoms in total. The third-order valence-corrected chi connectivity index (χ3v) is 1.79. The van der Waals surface area contributed by atoms with Crippen LogP contribution in [0.1, 0.15) is 5.56 Å². The summed E-state index contributed by atoms with van der Waals surface area (Å²) in [6.45, 7) is -1.13. The van der Waals surface area contributed by atoms with E-state index >= 15 is 0 Å². The molecule has 0 saturated heterocycles. The first-order chi connectivity index (χ1) is 8.40. The summed E-state index contributed by atoms with van der Waals surface area (Å²) >= 11 is 0. The maximum atomic E-state index is 13.3. The van der Waals surface area contributed by atoms with Gasteiger partial charge in [0.1, 0.15) is 6.61 Å². The van der Waals surface area contributed by atoms with Crippen molar-refractivity contribution >= 4 is 12.0 Å². The van der Waals surface area contributed by atoms with Crippen LogP contribution >= 0.6 is 0 Å². The number of hydrogen-bond donors (Lipinski definition) is 1. The molecule has 0 amide bonds. The Morgan fingerprint density at radius 2 is 1.89 bits per heavy atom. The van der Waals surface area contributed by atoms with E-state index in [2.05, 4.69) is 4.74 Å². The van der Waals surface area contributed by atoms with Crippen LogP contribution in [0.15, 0.2) is 18.2 Å². The first-order valence-corrected chi connectivity index (χ1v) is 4.71. The Morgan fingerprint density at radius 3 is 2.33 bits per heavy atom. The molecule has 0 atom stereocenters. The zero-order chi connectivity index (χ0) is 13.7. The molecular weight excluding hydrogens is 256 g/mol. The van der Waals surface area contributed by atoms with E-state index in [0.29, 0.717) is 6.08 Å². The fraction of sp³-hybridized carbons (Fsp3) is 0.182. The second kappa shape index (κ2) is 6.04. The lowest BCUT2D eigenvalue weighted by molar-refractivity contribution is -0.131. The largest absolute Gasteiger partial charge is 0.482 e. The summed E-state index contributed by atoms with van der Waals surface area (Å²) in [4.78, 5) is 10.2. The smallest absolute Gasteiger partial charge is 0.328 e. The molecule has 0 aliphatic rings. The van der Waals surface area contributed by atoms with Gasteiger partial charge in [0.05, 0.1) is 0 Å². The van der Waals surface area contributed by atoms with E-state index in [1.807, 2.05) is 0 Å². The minimum atomic E-state index is -2.85. The van der Waals surface area contributed by atoms with E-state index in [1.165, 1.54) is 0 Å². The molecule has 1 aromatic carbocycles. The molecule has 0 aromatic heterocycles. The van der Waals surface area contributed by atoms with Gasteiger partial charge in [-0.2, -0.15) is 0 Å². The van der Waals surface area contributed by atoms with Crippen molar-refractivity contribution in [3.05, 3.63) is 35.4 Å². The molecule has 1 aromatic rings. The fourth-order valence-electron chi connectivity index (χ4n) is 1.13. The van der Waals surface area contributed by atoms with Gasteiger partial charge in [-0.3, -0.25) is 0 Å². The number of aliphatic carboxylic acids is 1. The molecule has 98 valence electrons. The number of carboxylic acids is 1. The van der Waals surface area contributed by atoms with Crippen LogP contribution in [-0.2, 0) is 4.79 Å². The Balaban J connectivity index is 2.93. The van der Waals surface area contributed by atoms with Gasteiger partial charge >= 0.3 is 5.97 Å². The third kappa shape index (κ3) is 4.08. The highest BCUT2D eigenvalue weighted by Gasteiger charge is 2.14. The van der Waals surface area contributed by atoms with Crippen LogP contribution < -0.4 is 4.74 Å². The number of ether oxygens (including phenoxy) is 1. The molecule has 0 heterocycles. The normalized spacial score (nSPS) is 11.2. The molecular formula is C11H8F4O3. The molecule has 0 unspecified atom stereocenters. The van der Waals surface area contributed by atoms with Crippen molar-refractivity contribution in [2.45, 2.75) is 6.43 Å². The van der Waals surface area contributed by atoms with Crippen molar-refractivity contribution < 1.29 is 32.2 Å². The fourth-order valence-corrected chi connectivity index (χ4v) is 1.13. The van der Waals surface area contributed by atoms with Crippen molar-refractivity contribution in [3.63, 3.8) is 0 Å². The van der Waals surface area contributed by atoms with Gasteiger partial charge in [0.15, 0.2) is 17.4 Å². The van der Waals surface area contributed by atoms with Gasteiger partial charge in [-0.05, 0) is 23.8 Å². The lowest BCUT2D eigenvalue weighted by Gasteiger charge is -2.08. The molecule has 0 bridgehead atoms. The Labute approximate surface area is 99.3 Å². The van der Waals surface area contributed by atoms with Crippen molar-refractivity contribution in [3.8, 4) is 5.75 Å². The predicted molar refractivity (Wildman–Crippen MR) is 54.5 cm³/mol. The van der Waals surface area contributed by atoms with E-state index in [-0.39, 0.29) is 5.56 Å². The highest BCUT2D eigenvalue weighted by molar-refractivity contribution is 5.85. The Hall–Kier alpha value is -2.05. The first-order valence-electron chi connectivity index (χ1n) is 4.71. The van der Waals surface area contributed by atoms with E-state index in [9.17, 15) is 22.4 Å². The Kier molecular flexibility index (Phi) is 4.70. The van der Waals surface area contributed by atoms with Gasteiger partial charge in [0, 0.05) is 6.08 Å². The van der Waals surface area contributed by atoms with Crippen LogP contribution in [0.2, 0.25) is 0 Å². The molecule has 0 saturated carbocycles. The van der Waals surface area contributed by atoms with E-state index in [0.717, 1.165) is 18.2 Å². The van der Waals surface area contributed by atoms with Crippen LogP contribution in [-0.4, -0.2) is 24.1 Å². The Bertz CT molecular complexity index is 448. The van der Waals surface area contributed by atoms with Crippen molar-refractivity contribution in [1.82, 2.24) is 0 Å². The summed E-state index contributed by atoms with van der Waals surface area (Å²) in [5, 5.41) is 8.33. The average molecular weight is 264 g/mol. The zero-order valence-corrected chi connectivity index (χ0v) is 8.87. The maximum absolute atomic E-state index is 13.3. The van der Waals surface area contributed by atoms with Crippen molar-refractivity contribution in [2.24, 2.45) is 0 Å². The number of carbonyl (C=O) groups is 1. The molecule has 0 spiro atoms. The van der Waals surface area contributed by atoms with Gasteiger partial charge in [-0.25, -0.2) is 22.4 Å². The second-order valence-corrected chi connectivity index (χ2v) is 3.19. The van der Waals surface area contributed by atoms with Crippen LogP contribution in [0.25, 0.3) is 6.08 Å². The minimum absolute atomic E-state index is 0.0585. The van der Waals surface area contributed by atoms with Crippen LogP contribution in [0.5, 0.6) is 5.75 Å². The summed E-state index contributed by atoms with van der Waals surface area (Å²) in [5.74, 6) is -4.56. The maximum Gasteiger partial charge on any atom is 0.328 e. The zero-order valence-electron chi connectivity index (χ0n) is 8.87. The summed E-state index contributed by atoms with van der Waals surface area (Å²) in [5.41, 5.74) is -0.0585. The molecule has 0 aliphatic carbocycles. The number of alkyl halides is 2. The number of carboxylic acid groups (broad SMARTS) is 1. The lowest BCUT2D eigenvalue weighted by Crippen LogP contribution is -2.09. The monoisotopic (exact) mass is 264 g/mol. The van der Waals surface area contributed by atoms with Gasteiger partial charge in [0.25, 0.3) is 6.43 Å². The number of halogens is 4. The highest BCUT2D eigenvalue weighted by atomic mass is 19.3. The average Bonchev–Trinajstić information content (AvgIpc) is 2.24. The number of benzene rings is 1. The molecule has 1 N–H and O–H groups in total. The van der Waals surface area contributed by atoms with Gasteiger partial charge in [-0.15, -0.1) is 0 Å². The summed E-state index contributed by atoms with van der Waals surface area (Å²) in [7, 11) is 0. The van der Waals surface area contributed by atoms with Crippen LogP contribution in [0.4, 0.5) is 17.6 Å². The summed E-state index contributed by atoms with van der Waals surface area (Å²) in [6, 6.07) is 1.56. The van der Waals surface area contributed by atoms with Gasteiger partial charge < -0.3 is 9.84 Å². The molecule has 18 heavy (non-hydrogen) atoms. The second-order valence-electron chi connectivity index (χ2n) is 3.19. The molecule has 0 aliphatic heterocycles. The van der Waals surface area contributed by atoms with E-state index in [4.69, 9.17) is 5.11 Å². The SMILES string of the molecule is O=C(O)C=Cc1cc(F)c(OCC(F)F)c(F)c1. The standard InChI is InChI=1S/C11H8F4O3/c12-7-3-6(1-2-10(16)17)4-8(13)11(7)18-5-9(14)15/h1-4,9H,5H2,(H,16,17). The first kappa shape index (κ1) is 14.0. The number of rotatable bonds is 5. The van der Waals surface area contributed by atoms with Crippen molar-refractivity contribution in [2.75, 3.05) is 6.61 Å². The number of hydrogen-bond acceptors (Lipinski definition) is 2. The third-order valence-electron chi connectivity index (χ3n) is 1.79. The molecule has 1 rings (SSSR count). The summed E-state index contributed by atoms with van der Waals surface area (Å²) in [6.07, 6.45) is -1.20. The summed E-state index contributed by atoms with van der Waals surface area (Å²) < 4.78 is 54.5. The predicted octanol–water partition coefficient (Wildman–Crippen LogP) is 2.71. The van der Waals surface area contributed by atoms with Gasteiger partial charge in [0.2, 0.25) is 0 Å². The molecule has 0 fully saturated rings. The topological polar surface area (TPSA) is 46.5 Å². The quantitative estimate of drug-likeness (QED) is 0.657. The van der Waals surface area contributed by atoms with Gasteiger partial charge in [-0.1, -0.05) is 0 Å². The Morgan fingerprint density at radius 1 is 1.33 bits per heavy atom. The van der Waals surface area contributed by atoms with Crippen LogP contribution in [0, 0.1) is 11.6 Å². The molecule has 7 heteroatoms. The van der Waals surface area contributed by atoms with Crippen molar-refractivity contribution in [1.29, 1.82) is 0 Å². The van der Waals surface area contributed by atoms with E-state index in [1.54, 1.807) is 0 Å². The highest BCUT2D eigenvalue weighted by Crippen LogP contribution is 2.24. The molecule has 0 radical (unpaired) electrons. The van der Waals surface area contributed by atoms with E-state index < -0.39 is 36.4 Å².